The van der Waals surface area contributed by atoms with Crippen molar-refractivity contribution in [2.24, 2.45) is 4.99 Å². The minimum absolute atomic E-state index is 0.0710. The van der Waals surface area contributed by atoms with E-state index in [1.54, 1.807) is 31.2 Å². The SMILES string of the molecule is CCCCn1c(O)c(C(C)=Nc2ccccc2NC(C)=O)c(=O)[nH]c1=O. The lowest BCUT2D eigenvalue weighted by atomic mass is 10.2. The largest absolute Gasteiger partial charge is 0.494 e. The summed E-state index contributed by atoms with van der Waals surface area (Å²) >= 11 is 0. The number of H-pyrrole nitrogens is 1. The lowest BCUT2D eigenvalue weighted by Gasteiger charge is -2.11. The summed E-state index contributed by atoms with van der Waals surface area (Å²) in [6.07, 6.45) is 1.51. The van der Waals surface area contributed by atoms with Crippen LogP contribution in [0.4, 0.5) is 11.4 Å². The molecule has 0 atom stereocenters. The Kier molecular flexibility index (Phi) is 6.11. The number of aliphatic imine (C=N–C) groups is 1. The Hall–Kier alpha value is -3.16. The molecule has 0 aliphatic heterocycles. The monoisotopic (exact) mass is 358 g/mol. The van der Waals surface area contributed by atoms with Crippen molar-refractivity contribution in [2.45, 2.75) is 40.2 Å². The van der Waals surface area contributed by atoms with Crippen LogP contribution in [0, 0.1) is 0 Å². The fourth-order valence-corrected chi connectivity index (χ4v) is 2.51. The summed E-state index contributed by atoms with van der Waals surface area (Å²) in [4.78, 5) is 42.0. The summed E-state index contributed by atoms with van der Waals surface area (Å²) < 4.78 is 1.12. The molecule has 3 N–H and O–H groups in total. The maximum atomic E-state index is 12.2. The summed E-state index contributed by atoms with van der Waals surface area (Å²) in [6.45, 7) is 5.19. The van der Waals surface area contributed by atoms with Crippen molar-refractivity contribution in [2.75, 3.05) is 5.32 Å². The minimum atomic E-state index is -0.710. The maximum absolute atomic E-state index is 12.2. The van der Waals surface area contributed by atoms with E-state index in [0.717, 1.165) is 11.0 Å². The smallest absolute Gasteiger partial charge is 0.331 e. The van der Waals surface area contributed by atoms with Gasteiger partial charge in [-0.3, -0.25) is 24.1 Å². The first-order valence-electron chi connectivity index (χ1n) is 8.33. The number of unbranched alkanes of at least 4 members (excludes halogenated alkanes) is 1. The molecule has 8 heteroatoms. The zero-order valence-electron chi connectivity index (χ0n) is 15.0. The van der Waals surface area contributed by atoms with Crippen LogP contribution in [0.25, 0.3) is 0 Å². The number of rotatable bonds is 6. The number of aromatic hydroxyl groups is 1. The van der Waals surface area contributed by atoms with Gasteiger partial charge in [-0.2, -0.15) is 0 Å². The van der Waals surface area contributed by atoms with Gasteiger partial charge < -0.3 is 10.4 Å². The molecule has 0 fully saturated rings. The highest BCUT2D eigenvalue weighted by Gasteiger charge is 2.17. The second kappa shape index (κ2) is 8.28. The molecule has 1 heterocycles. The highest BCUT2D eigenvalue weighted by molar-refractivity contribution is 6.03. The van der Waals surface area contributed by atoms with Gasteiger partial charge in [0, 0.05) is 13.5 Å². The zero-order chi connectivity index (χ0) is 19.3. The van der Waals surface area contributed by atoms with Gasteiger partial charge in [0.05, 0.1) is 17.1 Å². The zero-order valence-corrected chi connectivity index (χ0v) is 15.0. The number of nitrogens with one attached hydrogen (secondary N) is 2. The van der Waals surface area contributed by atoms with Gasteiger partial charge >= 0.3 is 5.69 Å². The van der Waals surface area contributed by atoms with Crippen LogP contribution in [0.1, 0.15) is 39.2 Å². The van der Waals surface area contributed by atoms with Gasteiger partial charge in [-0.25, -0.2) is 4.79 Å². The van der Waals surface area contributed by atoms with Crippen molar-refractivity contribution in [3.8, 4) is 5.88 Å². The van der Waals surface area contributed by atoms with E-state index in [1.165, 1.54) is 6.92 Å². The van der Waals surface area contributed by atoms with Gasteiger partial charge in [-0.1, -0.05) is 25.5 Å². The molecule has 0 saturated carbocycles. The molecular formula is C18H22N4O4. The highest BCUT2D eigenvalue weighted by Crippen LogP contribution is 2.25. The van der Waals surface area contributed by atoms with E-state index in [4.69, 9.17) is 0 Å². The number of para-hydroxylation sites is 2. The van der Waals surface area contributed by atoms with Gasteiger partial charge in [0.2, 0.25) is 11.8 Å². The Morgan fingerprint density at radius 2 is 1.96 bits per heavy atom. The van der Waals surface area contributed by atoms with Crippen molar-refractivity contribution in [3.63, 3.8) is 0 Å². The molecule has 2 rings (SSSR count). The van der Waals surface area contributed by atoms with Crippen LogP contribution >= 0.6 is 0 Å². The van der Waals surface area contributed by atoms with Crippen LogP contribution in [-0.2, 0) is 11.3 Å². The fraction of sp³-hybridized carbons (Fsp3) is 0.333. The molecule has 0 aliphatic rings. The summed E-state index contributed by atoms with van der Waals surface area (Å²) in [5.74, 6) is -0.662. The van der Waals surface area contributed by atoms with Crippen molar-refractivity contribution < 1.29 is 9.90 Å². The van der Waals surface area contributed by atoms with E-state index in [0.29, 0.717) is 24.3 Å². The normalized spacial score (nSPS) is 11.4. The predicted octanol–water partition coefficient (Wildman–Crippen LogP) is 2.14. The van der Waals surface area contributed by atoms with Gasteiger partial charge in [0.1, 0.15) is 5.56 Å². The maximum Gasteiger partial charge on any atom is 0.331 e. The number of hydrogen-bond donors (Lipinski definition) is 3. The number of carbonyl (C=O) groups is 1. The molecule has 0 bridgehead atoms. The number of carbonyl (C=O) groups excluding carboxylic acids is 1. The third-order valence-electron chi connectivity index (χ3n) is 3.77. The summed E-state index contributed by atoms with van der Waals surface area (Å²) in [6, 6.07) is 6.84. The molecule has 0 aliphatic carbocycles. The molecule has 0 saturated heterocycles. The number of amides is 1. The summed E-state index contributed by atoms with van der Waals surface area (Å²) in [5.41, 5.74) is -0.292. The van der Waals surface area contributed by atoms with E-state index >= 15 is 0 Å². The lowest BCUT2D eigenvalue weighted by Crippen LogP contribution is -2.33. The van der Waals surface area contributed by atoms with Crippen molar-refractivity contribution in [1.82, 2.24) is 9.55 Å². The van der Waals surface area contributed by atoms with Crippen LogP contribution in [0.5, 0.6) is 5.88 Å². The number of hydrogen-bond acceptors (Lipinski definition) is 5. The Balaban J connectivity index is 2.55. The van der Waals surface area contributed by atoms with Crippen LogP contribution in [0.15, 0.2) is 38.8 Å². The molecule has 8 nitrogen and oxygen atoms in total. The molecule has 1 aromatic carbocycles. The van der Waals surface area contributed by atoms with Gasteiger partial charge in [0.15, 0.2) is 0 Å². The van der Waals surface area contributed by atoms with Crippen LogP contribution in [0.3, 0.4) is 0 Å². The first kappa shape index (κ1) is 19.2. The van der Waals surface area contributed by atoms with E-state index < -0.39 is 17.1 Å². The third kappa shape index (κ3) is 4.27. The number of nitrogens with zero attached hydrogens (tertiary/aromatic N) is 2. The molecule has 0 spiro atoms. The average molecular weight is 358 g/mol. The highest BCUT2D eigenvalue weighted by atomic mass is 16.3. The summed E-state index contributed by atoms with van der Waals surface area (Å²) in [7, 11) is 0. The Labute approximate surface area is 150 Å². The molecule has 1 aromatic heterocycles. The Morgan fingerprint density at radius 1 is 1.27 bits per heavy atom. The van der Waals surface area contributed by atoms with Crippen LogP contribution < -0.4 is 16.6 Å². The molecule has 138 valence electrons. The van der Waals surface area contributed by atoms with Crippen molar-refractivity contribution >= 4 is 23.0 Å². The predicted molar refractivity (Wildman–Crippen MR) is 101 cm³/mol. The van der Waals surface area contributed by atoms with Crippen molar-refractivity contribution in [3.05, 3.63) is 50.7 Å². The van der Waals surface area contributed by atoms with Crippen LogP contribution in [-0.4, -0.2) is 26.3 Å². The Bertz CT molecular complexity index is 956. The topological polar surface area (TPSA) is 117 Å². The molecule has 0 unspecified atom stereocenters. The first-order chi connectivity index (χ1) is 12.3. The van der Waals surface area contributed by atoms with Gasteiger partial charge in [0.25, 0.3) is 5.56 Å². The van der Waals surface area contributed by atoms with Gasteiger partial charge in [-0.05, 0) is 25.5 Å². The standard InChI is InChI=1S/C18H22N4O4/c1-4-5-10-22-17(25)15(16(24)21-18(22)26)11(2)19-13-8-6-7-9-14(13)20-12(3)23/h6-9,25H,4-5,10H2,1-3H3,(H,20,23)(H,21,24,26). The second-order valence-corrected chi connectivity index (χ2v) is 5.86. The number of aromatic amines is 1. The minimum Gasteiger partial charge on any atom is -0.494 e. The molecular weight excluding hydrogens is 336 g/mol. The quantitative estimate of drug-likeness (QED) is 0.686. The number of anilines is 1. The number of aromatic nitrogens is 2. The van der Waals surface area contributed by atoms with Crippen LogP contribution in [0.2, 0.25) is 0 Å². The van der Waals surface area contributed by atoms with Crippen molar-refractivity contribution in [1.29, 1.82) is 0 Å². The molecule has 1 amide bonds. The lowest BCUT2D eigenvalue weighted by molar-refractivity contribution is -0.114. The Morgan fingerprint density at radius 3 is 2.62 bits per heavy atom. The fourth-order valence-electron chi connectivity index (χ4n) is 2.51. The second-order valence-electron chi connectivity index (χ2n) is 5.86. The molecule has 26 heavy (non-hydrogen) atoms. The van der Waals surface area contributed by atoms with E-state index in [2.05, 4.69) is 15.3 Å². The number of benzene rings is 1. The van der Waals surface area contributed by atoms with E-state index in [9.17, 15) is 19.5 Å². The third-order valence-corrected chi connectivity index (χ3v) is 3.77. The van der Waals surface area contributed by atoms with Gasteiger partial charge in [-0.15, -0.1) is 0 Å². The summed E-state index contributed by atoms with van der Waals surface area (Å²) in [5, 5.41) is 13.1. The molecule has 0 radical (unpaired) electrons. The molecule has 2 aromatic rings. The van der Waals surface area contributed by atoms with E-state index in [1.807, 2.05) is 6.92 Å². The first-order valence-corrected chi connectivity index (χ1v) is 8.33. The van der Waals surface area contributed by atoms with E-state index in [-0.39, 0.29) is 17.2 Å². The average Bonchev–Trinajstić information content (AvgIpc) is 2.55.